The van der Waals surface area contributed by atoms with Crippen LogP contribution in [-0.4, -0.2) is 67.9 Å². The van der Waals surface area contributed by atoms with E-state index in [4.69, 9.17) is 4.74 Å². The number of carbonyl (C=O) groups excluding carboxylic acids is 1. The molecule has 2 amide bonds. The van der Waals surface area contributed by atoms with Crippen molar-refractivity contribution in [3.05, 3.63) is 59.7 Å². The molecule has 8 heteroatoms. The molecule has 2 aliphatic rings. The minimum atomic E-state index is -3.54. The first kappa shape index (κ1) is 21.6. The number of benzene rings is 2. The van der Waals surface area contributed by atoms with Crippen molar-refractivity contribution >= 4 is 16.1 Å². The lowest BCUT2D eigenvalue weighted by atomic mass is 10.1. The van der Waals surface area contributed by atoms with Crippen LogP contribution in [-0.2, 0) is 16.6 Å². The molecule has 0 bridgehead atoms. The van der Waals surface area contributed by atoms with Crippen LogP contribution in [0.3, 0.4) is 0 Å². The number of urea groups is 1. The summed E-state index contributed by atoms with van der Waals surface area (Å²) in [7, 11) is -1.99. The third kappa shape index (κ3) is 4.55. The van der Waals surface area contributed by atoms with Crippen molar-refractivity contribution in [2.24, 2.45) is 0 Å². The molecule has 0 aliphatic carbocycles. The van der Waals surface area contributed by atoms with Crippen LogP contribution in [0.2, 0.25) is 0 Å². The zero-order valence-electron chi connectivity index (χ0n) is 18.0. The Morgan fingerprint density at radius 3 is 2.19 bits per heavy atom. The number of amides is 2. The van der Waals surface area contributed by atoms with Gasteiger partial charge in [-0.1, -0.05) is 29.8 Å². The molecule has 2 fully saturated rings. The van der Waals surface area contributed by atoms with Gasteiger partial charge >= 0.3 is 6.03 Å². The van der Waals surface area contributed by atoms with Crippen molar-refractivity contribution in [2.45, 2.75) is 37.2 Å². The highest BCUT2D eigenvalue weighted by molar-refractivity contribution is 7.89. The molecule has 4 rings (SSSR count). The Hall–Kier alpha value is -2.58. The molecule has 0 N–H and O–H groups in total. The van der Waals surface area contributed by atoms with Gasteiger partial charge in [0.25, 0.3) is 0 Å². The van der Waals surface area contributed by atoms with Gasteiger partial charge in [-0.3, -0.25) is 0 Å². The van der Waals surface area contributed by atoms with Crippen LogP contribution < -0.4 is 4.74 Å². The standard InChI is InChI=1S/C23H29N3O4S/c1-18-3-5-19(6-4-18)17-24-15-16-26(23(24)27)20-11-13-25(14-12-20)31(28,29)22-9-7-21(30-2)8-10-22/h3-10,20H,11-17H2,1-2H3. The minimum absolute atomic E-state index is 0.0528. The van der Waals surface area contributed by atoms with Crippen LogP contribution in [0.25, 0.3) is 0 Å². The van der Waals surface area contributed by atoms with Crippen LogP contribution in [0, 0.1) is 6.92 Å². The van der Waals surface area contributed by atoms with Gasteiger partial charge in [-0.15, -0.1) is 0 Å². The number of rotatable bonds is 6. The largest absolute Gasteiger partial charge is 0.497 e. The monoisotopic (exact) mass is 443 g/mol. The second-order valence-electron chi connectivity index (χ2n) is 8.19. The van der Waals surface area contributed by atoms with E-state index in [9.17, 15) is 13.2 Å². The predicted octanol–water partition coefficient (Wildman–Crippen LogP) is 3.09. The number of hydrogen-bond acceptors (Lipinski definition) is 4. The first-order valence-electron chi connectivity index (χ1n) is 10.6. The highest BCUT2D eigenvalue weighted by atomic mass is 32.2. The fourth-order valence-electron chi connectivity index (χ4n) is 4.29. The summed E-state index contributed by atoms with van der Waals surface area (Å²) in [5.74, 6) is 0.625. The molecule has 0 unspecified atom stereocenters. The lowest BCUT2D eigenvalue weighted by Crippen LogP contribution is -2.47. The maximum absolute atomic E-state index is 13.0. The maximum Gasteiger partial charge on any atom is 0.320 e. The minimum Gasteiger partial charge on any atom is -0.497 e. The van der Waals surface area contributed by atoms with E-state index in [0.29, 0.717) is 51.3 Å². The molecule has 166 valence electrons. The van der Waals surface area contributed by atoms with E-state index < -0.39 is 10.0 Å². The molecule has 0 radical (unpaired) electrons. The average Bonchev–Trinajstić information content (AvgIpc) is 3.15. The molecule has 7 nitrogen and oxygen atoms in total. The second-order valence-corrected chi connectivity index (χ2v) is 10.1. The van der Waals surface area contributed by atoms with Crippen molar-refractivity contribution in [1.82, 2.24) is 14.1 Å². The van der Waals surface area contributed by atoms with Crippen molar-refractivity contribution in [2.75, 3.05) is 33.3 Å². The number of hydrogen-bond donors (Lipinski definition) is 0. The van der Waals surface area contributed by atoms with Gasteiger partial charge in [0.15, 0.2) is 0 Å². The highest BCUT2D eigenvalue weighted by Gasteiger charge is 2.37. The fraction of sp³-hybridized carbons (Fsp3) is 0.435. The average molecular weight is 444 g/mol. The summed E-state index contributed by atoms with van der Waals surface area (Å²) in [4.78, 5) is 17.0. The van der Waals surface area contributed by atoms with Crippen LogP contribution in [0.15, 0.2) is 53.4 Å². The number of aryl methyl sites for hydroxylation is 1. The van der Waals surface area contributed by atoms with Gasteiger partial charge in [-0.05, 0) is 49.6 Å². The van der Waals surface area contributed by atoms with Gasteiger partial charge in [0, 0.05) is 38.8 Å². The number of piperidine rings is 1. The van der Waals surface area contributed by atoms with Crippen molar-refractivity contribution < 1.29 is 17.9 Å². The predicted molar refractivity (Wildman–Crippen MR) is 118 cm³/mol. The summed E-state index contributed by atoms with van der Waals surface area (Å²) in [6, 6.07) is 14.9. The zero-order chi connectivity index (χ0) is 22.0. The van der Waals surface area contributed by atoms with E-state index in [1.54, 1.807) is 31.4 Å². The molecule has 2 aromatic rings. The Morgan fingerprint density at radius 1 is 0.935 bits per heavy atom. The molecule has 0 spiro atoms. The second kappa shape index (κ2) is 8.88. The summed E-state index contributed by atoms with van der Waals surface area (Å²) in [6.07, 6.45) is 1.30. The third-order valence-corrected chi connectivity index (χ3v) is 8.10. The number of sulfonamides is 1. The van der Waals surface area contributed by atoms with E-state index in [-0.39, 0.29) is 17.0 Å². The van der Waals surface area contributed by atoms with Crippen LogP contribution in [0.5, 0.6) is 5.75 Å². The Kier molecular flexibility index (Phi) is 6.20. The number of methoxy groups -OCH3 is 1. The summed E-state index contributed by atoms with van der Waals surface area (Å²) in [6.45, 7) is 4.90. The van der Waals surface area contributed by atoms with Gasteiger partial charge in [0.2, 0.25) is 10.0 Å². The molecular weight excluding hydrogens is 414 g/mol. The van der Waals surface area contributed by atoms with Crippen molar-refractivity contribution in [1.29, 1.82) is 0 Å². The Morgan fingerprint density at radius 2 is 1.58 bits per heavy atom. The molecule has 2 heterocycles. The van der Waals surface area contributed by atoms with E-state index in [1.165, 1.54) is 9.87 Å². The Balaban J connectivity index is 1.35. The van der Waals surface area contributed by atoms with Gasteiger partial charge in [-0.2, -0.15) is 4.31 Å². The molecule has 0 atom stereocenters. The molecule has 0 aromatic heterocycles. The van der Waals surface area contributed by atoms with Crippen molar-refractivity contribution in [3.8, 4) is 5.75 Å². The van der Waals surface area contributed by atoms with E-state index >= 15 is 0 Å². The highest BCUT2D eigenvalue weighted by Crippen LogP contribution is 2.27. The number of carbonyl (C=O) groups is 1. The van der Waals surface area contributed by atoms with Gasteiger partial charge in [-0.25, -0.2) is 13.2 Å². The van der Waals surface area contributed by atoms with Crippen LogP contribution in [0.4, 0.5) is 4.79 Å². The van der Waals surface area contributed by atoms with Crippen LogP contribution in [0.1, 0.15) is 24.0 Å². The normalized spacial score (nSPS) is 18.6. The van der Waals surface area contributed by atoms with E-state index in [2.05, 4.69) is 24.3 Å². The summed E-state index contributed by atoms with van der Waals surface area (Å²) in [5, 5.41) is 0. The van der Waals surface area contributed by atoms with Crippen molar-refractivity contribution in [3.63, 3.8) is 0 Å². The SMILES string of the molecule is COc1ccc(S(=O)(=O)N2CCC(N3CCN(Cc4ccc(C)cc4)C3=O)CC2)cc1. The molecule has 2 saturated heterocycles. The van der Waals surface area contributed by atoms with Gasteiger partial charge < -0.3 is 14.5 Å². The molecule has 0 saturated carbocycles. The number of ether oxygens (including phenoxy) is 1. The van der Waals surface area contributed by atoms with Gasteiger partial charge in [0.1, 0.15) is 5.75 Å². The van der Waals surface area contributed by atoms with Gasteiger partial charge in [0.05, 0.1) is 12.0 Å². The van der Waals surface area contributed by atoms with E-state index in [0.717, 1.165) is 5.56 Å². The quantitative estimate of drug-likeness (QED) is 0.688. The first-order valence-corrected chi connectivity index (χ1v) is 12.1. The molecule has 2 aliphatic heterocycles. The lowest BCUT2D eigenvalue weighted by Gasteiger charge is -2.35. The summed E-state index contributed by atoms with van der Waals surface area (Å²) >= 11 is 0. The lowest BCUT2D eigenvalue weighted by molar-refractivity contribution is 0.153. The molecule has 2 aromatic carbocycles. The molecule has 31 heavy (non-hydrogen) atoms. The topological polar surface area (TPSA) is 70.2 Å². The summed E-state index contributed by atoms with van der Waals surface area (Å²) < 4.78 is 32.5. The Bertz CT molecular complexity index is 1010. The first-order chi connectivity index (χ1) is 14.9. The maximum atomic E-state index is 13.0. The zero-order valence-corrected chi connectivity index (χ0v) is 18.8. The fourth-order valence-corrected chi connectivity index (χ4v) is 5.76. The van der Waals surface area contributed by atoms with E-state index in [1.807, 2.05) is 16.7 Å². The summed E-state index contributed by atoms with van der Waals surface area (Å²) in [5.41, 5.74) is 2.33. The van der Waals surface area contributed by atoms with Crippen LogP contribution >= 0.6 is 0 Å². The smallest absolute Gasteiger partial charge is 0.320 e. The number of nitrogens with zero attached hydrogens (tertiary/aromatic N) is 3. The Labute approximate surface area is 184 Å². The third-order valence-electron chi connectivity index (χ3n) is 6.18. The molecular formula is C23H29N3O4S.